The molecule has 0 fully saturated rings. The molecule has 0 spiro atoms. The number of fused-ring (bicyclic) bond motifs is 5. The van der Waals surface area contributed by atoms with E-state index in [1.807, 2.05) is 0 Å². The van der Waals surface area contributed by atoms with Crippen molar-refractivity contribution in [2.45, 2.75) is 130 Å². The van der Waals surface area contributed by atoms with Crippen molar-refractivity contribution in [2.75, 3.05) is 9.80 Å². The average Bonchev–Trinajstić information content (AvgIpc) is 3.34. The van der Waals surface area contributed by atoms with Crippen molar-refractivity contribution in [1.82, 2.24) is 0 Å². The van der Waals surface area contributed by atoms with Crippen molar-refractivity contribution >= 4 is 57.2 Å². The number of rotatable bonds is 6. The first kappa shape index (κ1) is 46.8. The predicted molar refractivity (Wildman–Crippen MR) is 307 cm³/mol. The van der Waals surface area contributed by atoms with Gasteiger partial charge < -0.3 is 9.80 Å². The largest absolute Gasteiger partial charge is 0.311 e. The van der Waals surface area contributed by atoms with Gasteiger partial charge in [-0.15, -0.1) is 0 Å². The Bertz CT molecular complexity index is 3350. The van der Waals surface area contributed by atoms with Crippen LogP contribution in [0, 0.1) is 6.92 Å². The van der Waals surface area contributed by atoms with Crippen molar-refractivity contribution in [3.05, 3.63) is 209 Å². The van der Waals surface area contributed by atoms with Gasteiger partial charge in [-0.2, -0.15) is 0 Å². The number of aryl methyl sites for hydroxylation is 1. The molecule has 2 nitrogen and oxygen atoms in total. The smallest absolute Gasteiger partial charge is 0.252 e. The molecule has 0 atom stereocenters. The molecule has 3 aliphatic rings. The number of hydrogen-bond donors (Lipinski definition) is 0. The second kappa shape index (κ2) is 16.5. The highest BCUT2D eigenvalue weighted by Crippen LogP contribution is 2.53. The van der Waals surface area contributed by atoms with Crippen LogP contribution < -0.4 is 26.2 Å². The van der Waals surface area contributed by atoms with Crippen LogP contribution in [0.5, 0.6) is 0 Å². The first-order valence-corrected chi connectivity index (χ1v) is 26.2. The molecule has 8 aromatic rings. The van der Waals surface area contributed by atoms with E-state index in [1.54, 1.807) is 0 Å². The minimum atomic E-state index is -0.232. The zero-order valence-corrected chi connectivity index (χ0v) is 44.6. The van der Waals surface area contributed by atoms with Gasteiger partial charge in [-0.3, -0.25) is 0 Å². The van der Waals surface area contributed by atoms with Crippen LogP contribution in [0.3, 0.4) is 0 Å². The topological polar surface area (TPSA) is 6.48 Å². The summed E-state index contributed by atoms with van der Waals surface area (Å²) >= 11 is 0. The lowest BCUT2D eigenvalue weighted by atomic mass is 9.33. The van der Waals surface area contributed by atoms with E-state index in [1.165, 1.54) is 112 Å². The van der Waals surface area contributed by atoms with Crippen molar-refractivity contribution in [2.24, 2.45) is 0 Å². The number of benzene rings is 8. The Morgan fingerprint density at radius 3 is 1.52 bits per heavy atom. The van der Waals surface area contributed by atoms with Gasteiger partial charge in [0.25, 0.3) is 6.71 Å². The zero-order valence-electron chi connectivity index (χ0n) is 44.6. The molecule has 0 amide bonds. The summed E-state index contributed by atoms with van der Waals surface area (Å²) in [5.74, 6) is 0. The second-order valence-corrected chi connectivity index (χ2v) is 25.0. The third-order valence-corrected chi connectivity index (χ3v) is 16.7. The summed E-state index contributed by atoms with van der Waals surface area (Å²) in [4.78, 5) is 5.30. The van der Waals surface area contributed by atoms with Gasteiger partial charge in [-0.25, -0.2) is 0 Å². The fourth-order valence-corrected chi connectivity index (χ4v) is 12.4. The Kier molecular flexibility index (Phi) is 10.9. The molecular formula is C68H71BN2. The van der Waals surface area contributed by atoms with Crippen LogP contribution >= 0.6 is 0 Å². The summed E-state index contributed by atoms with van der Waals surface area (Å²) in [7, 11) is 0. The maximum Gasteiger partial charge on any atom is 0.252 e. The Hall–Kier alpha value is -6.58. The fraction of sp³-hybridized carbons (Fsp3) is 0.294. The summed E-state index contributed by atoms with van der Waals surface area (Å²) in [5.41, 5.74) is 25.7. The van der Waals surface area contributed by atoms with E-state index in [0.29, 0.717) is 0 Å². The van der Waals surface area contributed by atoms with Gasteiger partial charge >= 0.3 is 0 Å². The van der Waals surface area contributed by atoms with Crippen LogP contribution in [0.2, 0.25) is 0 Å². The quantitative estimate of drug-likeness (QED) is 0.153. The number of nitrogens with zero attached hydrogens (tertiary/aromatic N) is 2. The lowest BCUT2D eigenvalue weighted by Crippen LogP contribution is -2.62. The van der Waals surface area contributed by atoms with Gasteiger partial charge in [-0.05, 0) is 162 Å². The minimum Gasteiger partial charge on any atom is -0.311 e. The van der Waals surface area contributed by atoms with E-state index < -0.39 is 0 Å². The van der Waals surface area contributed by atoms with Gasteiger partial charge in [0.05, 0.1) is 5.69 Å². The molecule has 0 N–H and O–H groups in total. The van der Waals surface area contributed by atoms with Crippen LogP contribution in [-0.2, 0) is 27.1 Å². The highest BCUT2D eigenvalue weighted by atomic mass is 15.2. The standard InChI is InChI=1S/C68H71BN2/c1-44-37-61-63-62(38-44)71(59-41-51(45-23-17-14-18-24-45)53(65(5,6)7)40-52(59)46-25-19-15-20-26-46)60-43-55-54(66(8,9)35-36-67(55,10)11)42-57(60)69(63)56-39-49(68(12,13)48-27-21-16-22-28-48)31-34-58(56)70(61)50-32-29-47(30-33-50)64(2,3)4/h14-34,37-43H,35-36H2,1-13H3. The third-order valence-electron chi connectivity index (χ3n) is 16.7. The summed E-state index contributed by atoms with van der Waals surface area (Å²) in [6.45, 7) is 31.0. The highest BCUT2D eigenvalue weighted by molar-refractivity contribution is 7.00. The molecule has 3 heteroatoms. The van der Waals surface area contributed by atoms with E-state index in [9.17, 15) is 0 Å². The highest BCUT2D eigenvalue weighted by Gasteiger charge is 2.47. The van der Waals surface area contributed by atoms with Crippen LogP contribution in [0.4, 0.5) is 34.1 Å². The predicted octanol–water partition coefficient (Wildman–Crippen LogP) is 16.7. The monoisotopic (exact) mass is 927 g/mol. The molecule has 0 radical (unpaired) electrons. The first-order valence-electron chi connectivity index (χ1n) is 26.2. The van der Waals surface area contributed by atoms with Gasteiger partial charge in [-0.1, -0.05) is 204 Å². The molecule has 2 heterocycles. The molecule has 8 aromatic carbocycles. The molecule has 0 saturated heterocycles. The summed E-state index contributed by atoms with van der Waals surface area (Å²) < 4.78 is 0. The normalized spacial score (nSPS) is 15.7. The van der Waals surface area contributed by atoms with Gasteiger partial charge in [0.15, 0.2) is 0 Å². The Labute approximate surface area is 425 Å². The Morgan fingerprint density at radius 1 is 0.423 bits per heavy atom. The molecule has 0 unspecified atom stereocenters. The molecule has 0 aromatic heterocycles. The lowest BCUT2D eigenvalue weighted by molar-refractivity contribution is 0.332. The minimum absolute atomic E-state index is 0.00448. The molecular weight excluding hydrogens is 856 g/mol. The van der Waals surface area contributed by atoms with Crippen molar-refractivity contribution in [1.29, 1.82) is 0 Å². The molecule has 2 aliphatic heterocycles. The maximum atomic E-state index is 2.71. The third kappa shape index (κ3) is 7.78. The van der Waals surface area contributed by atoms with E-state index in [-0.39, 0.29) is 33.8 Å². The van der Waals surface area contributed by atoms with E-state index in [0.717, 1.165) is 12.8 Å². The van der Waals surface area contributed by atoms with Crippen molar-refractivity contribution in [3.63, 3.8) is 0 Å². The first-order chi connectivity index (χ1) is 33.6. The lowest BCUT2D eigenvalue weighted by Gasteiger charge is -2.48. The van der Waals surface area contributed by atoms with E-state index in [2.05, 4.69) is 270 Å². The van der Waals surface area contributed by atoms with Crippen molar-refractivity contribution < 1.29 is 0 Å². The Balaban J connectivity index is 1.29. The molecule has 0 saturated carbocycles. The fourth-order valence-electron chi connectivity index (χ4n) is 12.4. The Morgan fingerprint density at radius 2 is 0.944 bits per heavy atom. The maximum absolute atomic E-state index is 2.71. The summed E-state index contributed by atoms with van der Waals surface area (Å²) in [5, 5.41) is 0. The van der Waals surface area contributed by atoms with E-state index in [4.69, 9.17) is 0 Å². The van der Waals surface area contributed by atoms with Crippen LogP contribution in [0.25, 0.3) is 22.3 Å². The molecule has 11 rings (SSSR count). The van der Waals surface area contributed by atoms with Gasteiger partial charge in [0, 0.05) is 39.4 Å². The molecule has 1 aliphatic carbocycles. The SMILES string of the molecule is Cc1cc2c3c(c1)N(c1cc(-c4ccccc4)c(C(C)(C)C)cc1-c1ccccc1)c1cc4c(cc1B3c1cc(C(C)(C)c3ccccc3)ccc1N2c1ccc(C(C)(C)C)cc1)C(C)(C)CCC4(C)C. The van der Waals surface area contributed by atoms with E-state index >= 15 is 0 Å². The number of anilines is 6. The van der Waals surface area contributed by atoms with Crippen LogP contribution in [-0.4, -0.2) is 6.71 Å². The molecule has 356 valence electrons. The zero-order chi connectivity index (χ0) is 50.0. The average molecular weight is 927 g/mol. The summed E-state index contributed by atoms with van der Waals surface area (Å²) in [6.07, 6.45) is 2.30. The van der Waals surface area contributed by atoms with Crippen LogP contribution in [0.1, 0.15) is 135 Å². The molecule has 0 bridgehead atoms. The second-order valence-electron chi connectivity index (χ2n) is 25.0. The number of hydrogen-bond acceptors (Lipinski definition) is 2. The van der Waals surface area contributed by atoms with Crippen molar-refractivity contribution in [3.8, 4) is 22.3 Å². The van der Waals surface area contributed by atoms with Crippen LogP contribution in [0.15, 0.2) is 170 Å². The van der Waals surface area contributed by atoms with Gasteiger partial charge in [0.1, 0.15) is 0 Å². The molecule has 71 heavy (non-hydrogen) atoms. The van der Waals surface area contributed by atoms with Gasteiger partial charge in [0.2, 0.25) is 0 Å². The summed E-state index contributed by atoms with van der Waals surface area (Å²) in [6, 6.07) is 65.6.